The molecule has 0 radical (unpaired) electrons. The highest BCUT2D eigenvalue weighted by Gasteiger charge is 1.97. The van der Waals surface area contributed by atoms with Crippen LogP contribution in [0.3, 0.4) is 0 Å². The summed E-state index contributed by atoms with van der Waals surface area (Å²) in [6.07, 6.45) is 0.00199. The Morgan fingerprint density at radius 3 is 2.62 bits per heavy atom. The maximum absolute atomic E-state index is 8.71. The maximum Gasteiger partial charge on any atom is 0.0675 e. The van der Waals surface area contributed by atoms with Gasteiger partial charge in [-0.15, -0.1) is 0 Å². The largest absolute Gasteiger partial charge is 0.392 e. The minimum atomic E-state index is -0.491. The van der Waals surface area contributed by atoms with Gasteiger partial charge in [-0.3, -0.25) is 0 Å². The average molecular weight is 120 g/mol. The summed E-state index contributed by atoms with van der Waals surface area (Å²) in [5.74, 6) is 0. The van der Waals surface area contributed by atoms with Gasteiger partial charge in [-0.2, -0.15) is 0 Å². The summed E-state index contributed by atoms with van der Waals surface area (Å²) < 4.78 is 0. The highest BCUT2D eigenvalue weighted by atomic mass is 16.5. The molecule has 0 aliphatic rings. The lowest BCUT2D eigenvalue weighted by Crippen LogP contribution is -2.24. The standard InChI is InChI=1S/C4H12N2O2/c5-3-4(7)1-2-6-8/h4,6-8H,1-3,5H2. The van der Waals surface area contributed by atoms with Crippen molar-refractivity contribution in [2.45, 2.75) is 12.5 Å². The fraction of sp³-hybridized carbons (Fsp3) is 1.00. The lowest BCUT2D eigenvalue weighted by molar-refractivity contribution is 0.124. The number of rotatable bonds is 4. The number of aliphatic hydroxyl groups excluding tert-OH is 1. The summed E-state index contributed by atoms with van der Waals surface area (Å²) in [6, 6.07) is 0. The quantitative estimate of drug-likeness (QED) is 0.347. The van der Waals surface area contributed by atoms with Crippen LogP contribution in [-0.4, -0.2) is 29.5 Å². The van der Waals surface area contributed by atoms with Gasteiger partial charge in [0.05, 0.1) is 6.10 Å². The highest BCUT2D eigenvalue weighted by molar-refractivity contribution is 4.54. The molecule has 0 aromatic heterocycles. The second-order valence-corrected chi connectivity index (χ2v) is 1.59. The monoisotopic (exact) mass is 120 g/mol. The molecule has 0 aliphatic heterocycles. The van der Waals surface area contributed by atoms with Crippen molar-refractivity contribution in [3.05, 3.63) is 0 Å². The topological polar surface area (TPSA) is 78.5 Å². The molecule has 4 nitrogen and oxygen atoms in total. The Kier molecular flexibility index (Phi) is 4.89. The number of hydroxylamine groups is 1. The number of nitrogens with two attached hydrogens (primary N) is 1. The Balaban J connectivity index is 2.86. The molecule has 0 heterocycles. The molecule has 0 amide bonds. The molecule has 0 aromatic carbocycles. The second-order valence-electron chi connectivity index (χ2n) is 1.59. The molecule has 50 valence electrons. The molecule has 5 N–H and O–H groups in total. The Morgan fingerprint density at radius 1 is 1.62 bits per heavy atom. The van der Waals surface area contributed by atoms with Crippen LogP contribution in [0.5, 0.6) is 0 Å². The first kappa shape index (κ1) is 7.84. The lowest BCUT2D eigenvalue weighted by Gasteiger charge is -2.03. The molecule has 1 unspecified atom stereocenters. The van der Waals surface area contributed by atoms with Gasteiger partial charge in [-0.05, 0) is 6.42 Å². The first-order valence-corrected chi connectivity index (χ1v) is 2.56. The normalized spacial score (nSPS) is 13.9. The van der Waals surface area contributed by atoms with Gasteiger partial charge in [0.25, 0.3) is 0 Å². The Hall–Kier alpha value is -0.160. The van der Waals surface area contributed by atoms with Crippen molar-refractivity contribution in [1.82, 2.24) is 5.48 Å². The van der Waals surface area contributed by atoms with E-state index in [9.17, 15) is 0 Å². The Morgan fingerprint density at radius 2 is 2.25 bits per heavy atom. The van der Waals surface area contributed by atoms with Crippen molar-refractivity contribution >= 4 is 0 Å². The summed E-state index contributed by atoms with van der Waals surface area (Å²) in [4.78, 5) is 0. The molecular weight excluding hydrogens is 108 g/mol. The van der Waals surface area contributed by atoms with Crippen LogP contribution in [0.4, 0.5) is 0 Å². The zero-order chi connectivity index (χ0) is 6.41. The van der Waals surface area contributed by atoms with E-state index in [1.54, 1.807) is 0 Å². The summed E-state index contributed by atoms with van der Waals surface area (Å²) in [5.41, 5.74) is 6.97. The third-order valence-electron chi connectivity index (χ3n) is 0.861. The van der Waals surface area contributed by atoms with Gasteiger partial charge in [0.2, 0.25) is 0 Å². The van der Waals surface area contributed by atoms with Gasteiger partial charge in [0.1, 0.15) is 0 Å². The van der Waals surface area contributed by atoms with E-state index in [0.717, 1.165) is 0 Å². The van der Waals surface area contributed by atoms with Crippen molar-refractivity contribution in [2.24, 2.45) is 5.73 Å². The van der Waals surface area contributed by atoms with Crippen LogP contribution in [0.2, 0.25) is 0 Å². The molecule has 0 aromatic rings. The molecule has 0 bridgehead atoms. The maximum atomic E-state index is 8.71. The van der Waals surface area contributed by atoms with Gasteiger partial charge in [-0.1, -0.05) is 0 Å². The lowest BCUT2D eigenvalue weighted by atomic mass is 10.2. The van der Waals surface area contributed by atoms with E-state index in [1.807, 2.05) is 5.48 Å². The van der Waals surface area contributed by atoms with Gasteiger partial charge < -0.3 is 16.0 Å². The fourth-order valence-electron chi connectivity index (χ4n) is 0.349. The molecule has 1 atom stereocenters. The molecule has 0 saturated carbocycles. The van der Waals surface area contributed by atoms with Gasteiger partial charge >= 0.3 is 0 Å². The van der Waals surface area contributed by atoms with Crippen molar-refractivity contribution in [2.75, 3.05) is 13.1 Å². The minimum Gasteiger partial charge on any atom is -0.392 e. The Bertz CT molecular complexity index is 51.3. The third-order valence-corrected chi connectivity index (χ3v) is 0.861. The van der Waals surface area contributed by atoms with E-state index in [0.29, 0.717) is 13.0 Å². The number of nitrogens with one attached hydrogen (secondary N) is 1. The predicted octanol–water partition coefficient (Wildman–Crippen LogP) is -1.33. The summed E-state index contributed by atoms with van der Waals surface area (Å²) in [7, 11) is 0. The van der Waals surface area contributed by atoms with E-state index < -0.39 is 6.10 Å². The SMILES string of the molecule is NCC(O)CCNO. The molecule has 0 rings (SSSR count). The molecule has 0 spiro atoms. The van der Waals surface area contributed by atoms with Crippen LogP contribution in [-0.2, 0) is 0 Å². The van der Waals surface area contributed by atoms with Crippen LogP contribution in [0.25, 0.3) is 0 Å². The third kappa shape index (κ3) is 4.01. The van der Waals surface area contributed by atoms with E-state index in [2.05, 4.69) is 0 Å². The first-order chi connectivity index (χ1) is 3.81. The average Bonchev–Trinajstić information content (AvgIpc) is 1.83. The Labute approximate surface area is 48.3 Å². The number of aliphatic hydroxyl groups is 1. The second kappa shape index (κ2) is 4.99. The van der Waals surface area contributed by atoms with Crippen molar-refractivity contribution < 1.29 is 10.3 Å². The molecular formula is C4H12N2O2. The van der Waals surface area contributed by atoms with Crippen molar-refractivity contribution in [3.8, 4) is 0 Å². The predicted molar refractivity (Wildman–Crippen MR) is 29.5 cm³/mol. The van der Waals surface area contributed by atoms with E-state index >= 15 is 0 Å². The van der Waals surface area contributed by atoms with Crippen LogP contribution >= 0.6 is 0 Å². The minimum absolute atomic E-state index is 0.252. The van der Waals surface area contributed by atoms with Crippen LogP contribution in [0.1, 0.15) is 6.42 Å². The van der Waals surface area contributed by atoms with E-state index in [-0.39, 0.29) is 6.54 Å². The summed E-state index contributed by atoms with van der Waals surface area (Å²) in [6.45, 7) is 0.639. The molecule has 0 fully saturated rings. The molecule has 0 saturated heterocycles. The summed E-state index contributed by atoms with van der Waals surface area (Å²) >= 11 is 0. The summed E-state index contributed by atoms with van der Waals surface area (Å²) in [5, 5.41) is 16.7. The number of hydrogen-bond donors (Lipinski definition) is 4. The molecule has 8 heavy (non-hydrogen) atoms. The number of hydrogen-bond acceptors (Lipinski definition) is 4. The van der Waals surface area contributed by atoms with Crippen LogP contribution in [0, 0.1) is 0 Å². The molecule has 0 aliphatic carbocycles. The molecule has 4 heteroatoms. The van der Waals surface area contributed by atoms with Gasteiger partial charge in [-0.25, -0.2) is 5.48 Å². The van der Waals surface area contributed by atoms with Gasteiger partial charge in [0, 0.05) is 13.1 Å². The smallest absolute Gasteiger partial charge is 0.0675 e. The van der Waals surface area contributed by atoms with Crippen molar-refractivity contribution in [1.29, 1.82) is 0 Å². The highest BCUT2D eigenvalue weighted by Crippen LogP contribution is 1.83. The fourth-order valence-corrected chi connectivity index (χ4v) is 0.349. The van der Waals surface area contributed by atoms with Crippen LogP contribution in [0.15, 0.2) is 0 Å². The van der Waals surface area contributed by atoms with Crippen LogP contribution < -0.4 is 11.2 Å². The zero-order valence-electron chi connectivity index (χ0n) is 4.67. The van der Waals surface area contributed by atoms with E-state index in [1.165, 1.54) is 0 Å². The first-order valence-electron chi connectivity index (χ1n) is 2.56. The van der Waals surface area contributed by atoms with E-state index in [4.69, 9.17) is 16.0 Å². The van der Waals surface area contributed by atoms with Gasteiger partial charge in [0.15, 0.2) is 0 Å². The van der Waals surface area contributed by atoms with Crippen molar-refractivity contribution in [3.63, 3.8) is 0 Å². The zero-order valence-corrected chi connectivity index (χ0v) is 4.67.